The number of carbonyl (C=O) groups is 2. The molecular formula is C27H32FN7O3. The maximum atomic E-state index is 14.0. The summed E-state index contributed by atoms with van der Waals surface area (Å²) >= 11 is 0. The summed E-state index contributed by atoms with van der Waals surface area (Å²) in [5, 5.41) is 16.8. The van der Waals surface area contributed by atoms with Crippen LogP contribution in [0.15, 0.2) is 54.6 Å². The van der Waals surface area contributed by atoms with Crippen LogP contribution in [0.5, 0.6) is 0 Å². The Morgan fingerprint density at radius 1 is 1.05 bits per heavy atom. The van der Waals surface area contributed by atoms with Crippen LogP contribution in [0.1, 0.15) is 41.6 Å². The maximum absolute atomic E-state index is 14.0. The molecule has 3 aromatic rings. The van der Waals surface area contributed by atoms with Gasteiger partial charge in [0.15, 0.2) is 11.6 Å². The molecule has 0 saturated heterocycles. The van der Waals surface area contributed by atoms with Crippen LogP contribution >= 0.6 is 0 Å². The molecule has 1 aromatic carbocycles. The zero-order valence-electron chi connectivity index (χ0n) is 21.5. The van der Waals surface area contributed by atoms with Gasteiger partial charge >= 0.3 is 6.09 Å². The maximum Gasteiger partial charge on any atom is 0.407 e. The number of carbonyl (C=O) groups excluding carboxylic acids is 2. The van der Waals surface area contributed by atoms with Crippen LogP contribution in [0, 0.1) is 11.9 Å². The monoisotopic (exact) mass is 521 g/mol. The highest BCUT2D eigenvalue weighted by molar-refractivity contribution is 6.07. The molecule has 38 heavy (non-hydrogen) atoms. The fourth-order valence-electron chi connectivity index (χ4n) is 4.36. The average Bonchev–Trinajstić information content (AvgIpc) is 3.35. The third-order valence-corrected chi connectivity index (χ3v) is 6.37. The molecule has 4 rings (SSSR count). The van der Waals surface area contributed by atoms with Gasteiger partial charge in [0.05, 0.1) is 5.56 Å². The van der Waals surface area contributed by atoms with Crippen molar-refractivity contribution in [3.63, 3.8) is 0 Å². The van der Waals surface area contributed by atoms with E-state index >= 15 is 0 Å². The number of anilines is 3. The Bertz CT molecular complexity index is 1230. The smallest absolute Gasteiger partial charge is 0.407 e. The van der Waals surface area contributed by atoms with Gasteiger partial charge in [-0.2, -0.15) is 4.39 Å². The number of halogens is 1. The lowest BCUT2D eigenvalue weighted by atomic mass is 10.0. The van der Waals surface area contributed by atoms with Crippen molar-refractivity contribution in [2.75, 3.05) is 36.2 Å². The molecule has 2 heterocycles. The molecule has 2 atom stereocenters. The number of nitrogens with zero attached hydrogens (tertiary/aromatic N) is 4. The lowest BCUT2D eigenvalue weighted by Crippen LogP contribution is -2.26. The molecule has 0 aliphatic heterocycles. The summed E-state index contributed by atoms with van der Waals surface area (Å²) in [4.78, 5) is 30.6. The van der Waals surface area contributed by atoms with Gasteiger partial charge in [-0.1, -0.05) is 30.3 Å². The molecule has 1 fully saturated rings. The molecule has 200 valence electrons. The molecule has 1 aliphatic carbocycles. The van der Waals surface area contributed by atoms with E-state index in [1.807, 2.05) is 44.4 Å². The minimum atomic E-state index is -0.674. The molecule has 3 N–H and O–H groups in total. The summed E-state index contributed by atoms with van der Waals surface area (Å²) in [6.45, 7) is 0.733. The Morgan fingerprint density at radius 2 is 1.87 bits per heavy atom. The van der Waals surface area contributed by atoms with Crippen molar-refractivity contribution in [2.24, 2.45) is 5.92 Å². The largest absolute Gasteiger partial charge is 0.445 e. The number of benzene rings is 1. The van der Waals surface area contributed by atoms with Crippen molar-refractivity contribution in [1.82, 2.24) is 20.5 Å². The Labute approximate surface area is 221 Å². The Balaban J connectivity index is 1.25. The number of amides is 2. The van der Waals surface area contributed by atoms with Crippen LogP contribution in [0.4, 0.5) is 26.6 Å². The summed E-state index contributed by atoms with van der Waals surface area (Å²) in [5.74, 6) is 0.369. The van der Waals surface area contributed by atoms with Crippen LogP contribution in [-0.2, 0) is 11.3 Å². The highest BCUT2D eigenvalue weighted by atomic mass is 19.1. The van der Waals surface area contributed by atoms with Crippen molar-refractivity contribution < 1.29 is 18.7 Å². The first-order valence-corrected chi connectivity index (χ1v) is 12.6. The van der Waals surface area contributed by atoms with Crippen LogP contribution < -0.4 is 20.9 Å². The van der Waals surface area contributed by atoms with Gasteiger partial charge in [0.25, 0.3) is 5.91 Å². The molecule has 11 heteroatoms. The number of alkyl carbamates (subject to hydrolysis) is 1. The average molecular weight is 522 g/mol. The number of pyridine rings is 1. The van der Waals surface area contributed by atoms with E-state index < -0.39 is 17.9 Å². The second-order valence-corrected chi connectivity index (χ2v) is 9.45. The molecule has 1 aliphatic rings. The summed E-state index contributed by atoms with van der Waals surface area (Å²) in [7, 11) is 3.69. The quantitative estimate of drug-likeness (QED) is 0.339. The first kappa shape index (κ1) is 26.8. The van der Waals surface area contributed by atoms with Crippen molar-refractivity contribution in [3.8, 4) is 0 Å². The van der Waals surface area contributed by atoms with E-state index in [-0.39, 0.29) is 29.8 Å². The molecule has 10 nitrogen and oxygen atoms in total. The van der Waals surface area contributed by atoms with Crippen molar-refractivity contribution in [2.45, 2.75) is 38.3 Å². The van der Waals surface area contributed by atoms with E-state index in [1.165, 1.54) is 6.07 Å². The predicted molar refractivity (Wildman–Crippen MR) is 143 cm³/mol. The first-order chi connectivity index (χ1) is 18.4. The number of ether oxygens (including phenoxy) is 1. The summed E-state index contributed by atoms with van der Waals surface area (Å²) in [6, 6.07) is 15.5. The third kappa shape index (κ3) is 7.61. The standard InChI is InChI=1S/C27H32FN7O3/c1-35(2)24-13-12-23(33-34-24)32-26(36)21-10-11-22(28)31-25(21)30-20-9-8-18(16-20)14-15-29-27(37)38-17-19-6-4-3-5-7-19/h3-7,10-13,18,20H,8-9,14-17H2,1-2H3,(H,29,37)(H,30,31)(H,32,33,36). The van der Waals surface area contributed by atoms with Gasteiger partial charge in [-0.3, -0.25) is 4.79 Å². The number of rotatable bonds is 10. The van der Waals surface area contributed by atoms with Crippen LogP contribution in [0.25, 0.3) is 0 Å². The topological polar surface area (TPSA) is 121 Å². The van der Waals surface area contributed by atoms with E-state index in [2.05, 4.69) is 31.1 Å². The van der Waals surface area contributed by atoms with Crippen molar-refractivity contribution in [3.05, 3.63) is 71.7 Å². The van der Waals surface area contributed by atoms with Crippen LogP contribution in [-0.4, -0.2) is 53.9 Å². The number of nitrogens with one attached hydrogen (secondary N) is 3. The van der Waals surface area contributed by atoms with Gasteiger partial charge in [-0.25, -0.2) is 9.78 Å². The van der Waals surface area contributed by atoms with Crippen molar-refractivity contribution in [1.29, 1.82) is 0 Å². The molecule has 0 bridgehead atoms. The summed E-state index contributed by atoms with van der Waals surface area (Å²) in [6.07, 6.45) is 2.96. The molecule has 2 amide bonds. The molecule has 2 aromatic heterocycles. The highest BCUT2D eigenvalue weighted by Gasteiger charge is 2.26. The second-order valence-electron chi connectivity index (χ2n) is 9.45. The molecule has 0 spiro atoms. The summed E-state index contributed by atoms with van der Waals surface area (Å²) < 4.78 is 19.2. The van der Waals surface area contributed by atoms with Gasteiger partial charge in [0, 0.05) is 26.7 Å². The van der Waals surface area contributed by atoms with E-state index in [0.717, 1.165) is 37.3 Å². The Kier molecular flexibility index (Phi) is 9.02. The highest BCUT2D eigenvalue weighted by Crippen LogP contribution is 2.31. The van der Waals surface area contributed by atoms with E-state index in [0.29, 0.717) is 18.3 Å². The normalized spacial score (nSPS) is 16.5. The fourth-order valence-corrected chi connectivity index (χ4v) is 4.36. The summed E-state index contributed by atoms with van der Waals surface area (Å²) in [5.41, 5.74) is 1.15. The SMILES string of the molecule is CN(C)c1ccc(NC(=O)c2ccc(F)nc2NC2CCC(CCNC(=O)OCc3ccccc3)C2)nn1. The molecule has 0 radical (unpaired) electrons. The van der Waals surface area contributed by atoms with E-state index in [9.17, 15) is 14.0 Å². The van der Waals surface area contributed by atoms with Gasteiger partial charge in [0.1, 0.15) is 12.4 Å². The number of aromatic nitrogens is 3. The minimum absolute atomic E-state index is 0.0325. The zero-order valence-corrected chi connectivity index (χ0v) is 21.5. The predicted octanol–water partition coefficient (Wildman–Crippen LogP) is 4.23. The first-order valence-electron chi connectivity index (χ1n) is 12.6. The fraction of sp³-hybridized carbons (Fsp3) is 0.370. The van der Waals surface area contributed by atoms with E-state index in [4.69, 9.17) is 4.74 Å². The van der Waals surface area contributed by atoms with Gasteiger partial charge in [-0.15, -0.1) is 10.2 Å². The third-order valence-electron chi connectivity index (χ3n) is 6.37. The van der Waals surface area contributed by atoms with Gasteiger partial charge in [-0.05, 0) is 61.4 Å². The Morgan fingerprint density at radius 3 is 2.61 bits per heavy atom. The lowest BCUT2D eigenvalue weighted by Gasteiger charge is -2.17. The van der Waals surface area contributed by atoms with E-state index in [1.54, 1.807) is 17.0 Å². The molecular weight excluding hydrogens is 489 g/mol. The van der Waals surface area contributed by atoms with Gasteiger partial charge in [0.2, 0.25) is 5.95 Å². The van der Waals surface area contributed by atoms with Crippen LogP contribution in [0.2, 0.25) is 0 Å². The van der Waals surface area contributed by atoms with Crippen molar-refractivity contribution >= 4 is 29.5 Å². The minimum Gasteiger partial charge on any atom is -0.445 e. The Hall–Kier alpha value is -4.28. The molecule has 2 unspecified atom stereocenters. The molecule has 1 saturated carbocycles. The number of hydrogen-bond acceptors (Lipinski definition) is 8. The van der Waals surface area contributed by atoms with Gasteiger partial charge < -0.3 is 25.6 Å². The zero-order chi connectivity index (χ0) is 26.9. The lowest BCUT2D eigenvalue weighted by molar-refractivity contribution is 0.102. The number of hydrogen-bond donors (Lipinski definition) is 3. The van der Waals surface area contributed by atoms with Crippen LogP contribution in [0.3, 0.4) is 0 Å². The second kappa shape index (κ2) is 12.8.